The molecular formula is C20H23NO4. The number of nitrogens with one attached hydrogen (secondary N) is 1. The summed E-state index contributed by atoms with van der Waals surface area (Å²) in [7, 11) is 0. The largest absolute Gasteiger partial charge is 0.493 e. The topological polar surface area (TPSA) is 64.6 Å². The minimum Gasteiger partial charge on any atom is -0.493 e. The molecule has 0 aromatic heterocycles. The molecule has 25 heavy (non-hydrogen) atoms. The van der Waals surface area contributed by atoms with Crippen molar-refractivity contribution in [2.24, 2.45) is 0 Å². The molecule has 0 heterocycles. The van der Waals surface area contributed by atoms with Gasteiger partial charge in [-0.1, -0.05) is 12.1 Å². The molecule has 0 spiro atoms. The Labute approximate surface area is 148 Å². The van der Waals surface area contributed by atoms with Crippen LogP contribution in [-0.2, 0) is 6.42 Å². The SMILES string of the molecule is CC(C)(C)NC(=O)Oc1ccc(CCOc2ccc(C=O)cc2)cc1. The van der Waals surface area contributed by atoms with Gasteiger partial charge in [-0.3, -0.25) is 4.79 Å². The Morgan fingerprint density at radius 2 is 1.60 bits per heavy atom. The van der Waals surface area contributed by atoms with E-state index in [2.05, 4.69) is 5.32 Å². The summed E-state index contributed by atoms with van der Waals surface area (Å²) >= 11 is 0. The van der Waals surface area contributed by atoms with Crippen LogP contribution in [0.2, 0.25) is 0 Å². The lowest BCUT2D eigenvalue weighted by Crippen LogP contribution is -2.42. The van der Waals surface area contributed by atoms with Gasteiger partial charge in [0.1, 0.15) is 17.8 Å². The van der Waals surface area contributed by atoms with Crippen LogP contribution in [0, 0.1) is 0 Å². The smallest absolute Gasteiger partial charge is 0.413 e. The first-order chi connectivity index (χ1) is 11.9. The molecule has 0 radical (unpaired) electrons. The number of hydrogen-bond donors (Lipinski definition) is 1. The first-order valence-corrected chi connectivity index (χ1v) is 8.13. The van der Waals surface area contributed by atoms with Gasteiger partial charge in [0.05, 0.1) is 6.61 Å². The molecule has 5 heteroatoms. The van der Waals surface area contributed by atoms with Crippen molar-refractivity contribution in [3.8, 4) is 11.5 Å². The Bertz CT molecular complexity index is 700. The van der Waals surface area contributed by atoms with Crippen LogP contribution >= 0.6 is 0 Å². The Morgan fingerprint density at radius 1 is 1.00 bits per heavy atom. The van der Waals surface area contributed by atoms with Crippen molar-refractivity contribution in [2.75, 3.05) is 6.61 Å². The standard InChI is InChI=1S/C20H23NO4/c1-20(2,3)21-19(23)25-18-10-4-15(5-11-18)12-13-24-17-8-6-16(14-22)7-9-17/h4-11,14H,12-13H2,1-3H3,(H,21,23). The van der Waals surface area contributed by atoms with Gasteiger partial charge in [-0.15, -0.1) is 0 Å². The molecule has 2 rings (SSSR count). The van der Waals surface area contributed by atoms with E-state index in [1.165, 1.54) is 0 Å². The van der Waals surface area contributed by atoms with Gasteiger partial charge in [0.25, 0.3) is 0 Å². The minimum absolute atomic E-state index is 0.335. The number of ether oxygens (including phenoxy) is 2. The van der Waals surface area contributed by atoms with Gasteiger partial charge < -0.3 is 14.8 Å². The number of rotatable bonds is 6. The van der Waals surface area contributed by atoms with Crippen molar-refractivity contribution in [3.63, 3.8) is 0 Å². The van der Waals surface area contributed by atoms with Gasteiger partial charge in [-0.25, -0.2) is 4.79 Å². The van der Waals surface area contributed by atoms with E-state index in [1.54, 1.807) is 36.4 Å². The van der Waals surface area contributed by atoms with Crippen LogP contribution in [0.4, 0.5) is 4.79 Å². The lowest BCUT2D eigenvalue weighted by Gasteiger charge is -2.19. The molecule has 0 atom stereocenters. The lowest BCUT2D eigenvalue weighted by atomic mass is 10.1. The fraction of sp³-hybridized carbons (Fsp3) is 0.300. The van der Waals surface area contributed by atoms with Gasteiger partial charge in [0, 0.05) is 17.5 Å². The van der Waals surface area contributed by atoms with E-state index in [4.69, 9.17) is 9.47 Å². The van der Waals surface area contributed by atoms with Crippen molar-refractivity contribution in [1.82, 2.24) is 5.32 Å². The zero-order chi connectivity index (χ0) is 18.3. The number of benzene rings is 2. The highest BCUT2D eigenvalue weighted by Crippen LogP contribution is 2.15. The zero-order valence-corrected chi connectivity index (χ0v) is 14.7. The van der Waals surface area contributed by atoms with Gasteiger partial charge in [-0.2, -0.15) is 0 Å². The molecule has 2 aromatic rings. The number of aldehydes is 1. The second-order valence-corrected chi connectivity index (χ2v) is 6.69. The van der Waals surface area contributed by atoms with Gasteiger partial charge >= 0.3 is 6.09 Å². The van der Waals surface area contributed by atoms with Crippen molar-refractivity contribution in [1.29, 1.82) is 0 Å². The fourth-order valence-electron chi connectivity index (χ4n) is 2.09. The summed E-state index contributed by atoms with van der Waals surface area (Å²) in [6, 6.07) is 14.3. The highest BCUT2D eigenvalue weighted by atomic mass is 16.6. The third-order valence-corrected chi connectivity index (χ3v) is 3.29. The predicted molar refractivity (Wildman–Crippen MR) is 96.4 cm³/mol. The maximum Gasteiger partial charge on any atom is 0.413 e. The first-order valence-electron chi connectivity index (χ1n) is 8.13. The monoisotopic (exact) mass is 341 g/mol. The van der Waals surface area contributed by atoms with Crippen molar-refractivity contribution in [2.45, 2.75) is 32.7 Å². The lowest BCUT2D eigenvalue weighted by molar-refractivity contribution is 0.112. The van der Waals surface area contributed by atoms with E-state index in [0.717, 1.165) is 24.0 Å². The zero-order valence-electron chi connectivity index (χ0n) is 14.7. The van der Waals surface area contributed by atoms with E-state index in [-0.39, 0.29) is 5.54 Å². The van der Waals surface area contributed by atoms with Crippen LogP contribution in [-0.4, -0.2) is 24.5 Å². The van der Waals surface area contributed by atoms with Crippen molar-refractivity contribution < 1.29 is 19.1 Å². The molecule has 0 aliphatic heterocycles. The van der Waals surface area contributed by atoms with Gasteiger partial charge in [0.2, 0.25) is 0 Å². The predicted octanol–water partition coefficient (Wildman–Crippen LogP) is 4.01. The number of amides is 1. The summed E-state index contributed by atoms with van der Waals surface area (Å²) < 4.78 is 10.9. The molecule has 1 N–H and O–H groups in total. The Kier molecular flexibility index (Phi) is 6.17. The molecule has 0 saturated carbocycles. The van der Waals surface area contributed by atoms with E-state index in [9.17, 15) is 9.59 Å². The molecule has 132 valence electrons. The molecule has 0 unspecified atom stereocenters. The van der Waals surface area contributed by atoms with E-state index in [1.807, 2.05) is 32.9 Å². The quantitative estimate of drug-likeness (QED) is 0.806. The fourth-order valence-corrected chi connectivity index (χ4v) is 2.09. The van der Waals surface area contributed by atoms with Crippen LogP contribution in [0.1, 0.15) is 36.7 Å². The molecular weight excluding hydrogens is 318 g/mol. The Hall–Kier alpha value is -2.82. The second kappa shape index (κ2) is 8.33. The highest BCUT2D eigenvalue weighted by molar-refractivity contribution is 5.74. The summed E-state index contributed by atoms with van der Waals surface area (Å²) in [5, 5.41) is 2.74. The molecule has 5 nitrogen and oxygen atoms in total. The summed E-state index contributed by atoms with van der Waals surface area (Å²) in [5.41, 5.74) is 1.37. The Morgan fingerprint density at radius 3 is 2.16 bits per heavy atom. The third-order valence-electron chi connectivity index (χ3n) is 3.29. The van der Waals surface area contributed by atoms with E-state index >= 15 is 0 Å². The van der Waals surface area contributed by atoms with Crippen LogP contribution in [0.5, 0.6) is 11.5 Å². The third kappa shape index (κ3) is 6.67. The molecule has 0 saturated heterocycles. The normalized spacial score (nSPS) is 10.8. The second-order valence-electron chi connectivity index (χ2n) is 6.69. The average Bonchev–Trinajstić information content (AvgIpc) is 2.55. The molecule has 0 fully saturated rings. The molecule has 0 aliphatic carbocycles. The maximum absolute atomic E-state index is 11.7. The highest BCUT2D eigenvalue weighted by Gasteiger charge is 2.15. The molecule has 0 bridgehead atoms. The number of carbonyl (C=O) groups excluding carboxylic acids is 2. The first kappa shape index (κ1) is 18.5. The van der Waals surface area contributed by atoms with Crippen molar-refractivity contribution >= 4 is 12.4 Å². The van der Waals surface area contributed by atoms with Crippen molar-refractivity contribution in [3.05, 3.63) is 59.7 Å². The Balaban J connectivity index is 1.79. The van der Waals surface area contributed by atoms with Gasteiger partial charge in [-0.05, 0) is 62.7 Å². The summed E-state index contributed by atoms with van der Waals surface area (Å²) in [6.45, 7) is 6.20. The van der Waals surface area contributed by atoms with Crippen LogP contribution in [0.25, 0.3) is 0 Å². The minimum atomic E-state index is -0.470. The molecule has 1 amide bonds. The van der Waals surface area contributed by atoms with E-state index < -0.39 is 6.09 Å². The van der Waals surface area contributed by atoms with Crippen LogP contribution < -0.4 is 14.8 Å². The maximum atomic E-state index is 11.7. The van der Waals surface area contributed by atoms with E-state index in [0.29, 0.717) is 17.9 Å². The number of hydrogen-bond acceptors (Lipinski definition) is 4. The molecule has 2 aromatic carbocycles. The van der Waals surface area contributed by atoms with Crippen LogP contribution in [0.3, 0.4) is 0 Å². The average molecular weight is 341 g/mol. The summed E-state index contributed by atoms with van der Waals surface area (Å²) in [6.07, 6.45) is 1.06. The number of carbonyl (C=O) groups is 2. The summed E-state index contributed by atoms with van der Waals surface area (Å²) in [4.78, 5) is 22.3. The molecule has 0 aliphatic rings. The summed E-state index contributed by atoms with van der Waals surface area (Å²) in [5.74, 6) is 1.22. The van der Waals surface area contributed by atoms with Crippen LogP contribution in [0.15, 0.2) is 48.5 Å². The van der Waals surface area contributed by atoms with Gasteiger partial charge in [0.15, 0.2) is 0 Å².